The lowest BCUT2D eigenvalue weighted by atomic mass is 10.0. The van der Waals surface area contributed by atoms with Gasteiger partial charge in [0.2, 0.25) is 11.8 Å². The van der Waals surface area contributed by atoms with E-state index < -0.39 is 11.6 Å². The number of hydrogen-bond donors (Lipinski definition) is 2. The van der Waals surface area contributed by atoms with Crippen LogP contribution in [0.5, 0.6) is 0 Å². The molecule has 1 aromatic rings. The van der Waals surface area contributed by atoms with Crippen molar-refractivity contribution < 1.29 is 18.4 Å². The predicted octanol–water partition coefficient (Wildman–Crippen LogP) is 2.34. The molecule has 3 rings (SSSR count). The van der Waals surface area contributed by atoms with Gasteiger partial charge in [-0.05, 0) is 43.2 Å². The number of carbonyl (C=O) groups is 2. The SMILES string of the molecule is Cl.NCCC(=O)NCC1CCCCN1C(=O)C1CC1c1ccc(F)cc1F. The number of nitrogens with two attached hydrogens (primary N) is 1. The fourth-order valence-corrected chi connectivity index (χ4v) is 3.78. The average molecular weight is 402 g/mol. The van der Waals surface area contributed by atoms with Crippen molar-refractivity contribution in [1.29, 1.82) is 0 Å². The number of amides is 2. The molecule has 1 aliphatic heterocycles. The average Bonchev–Trinajstić information content (AvgIpc) is 3.40. The molecule has 0 spiro atoms. The van der Waals surface area contributed by atoms with E-state index in [1.807, 2.05) is 4.90 Å². The summed E-state index contributed by atoms with van der Waals surface area (Å²) in [5.41, 5.74) is 5.79. The Bertz CT molecular complexity index is 689. The lowest BCUT2D eigenvalue weighted by Crippen LogP contribution is -2.50. The van der Waals surface area contributed by atoms with Crippen LogP contribution < -0.4 is 11.1 Å². The van der Waals surface area contributed by atoms with Gasteiger partial charge >= 0.3 is 0 Å². The molecule has 1 heterocycles. The van der Waals surface area contributed by atoms with Crippen LogP contribution in [-0.4, -0.2) is 42.4 Å². The number of likely N-dealkylation sites (tertiary alicyclic amines) is 1. The first-order valence-electron chi connectivity index (χ1n) is 9.23. The molecular weight excluding hydrogens is 376 g/mol. The van der Waals surface area contributed by atoms with Gasteiger partial charge in [-0.15, -0.1) is 12.4 Å². The number of nitrogens with one attached hydrogen (secondary N) is 1. The third kappa shape index (κ3) is 5.17. The molecule has 1 aromatic carbocycles. The topological polar surface area (TPSA) is 75.4 Å². The molecule has 150 valence electrons. The van der Waals surface area contributed by atoms with Gasteiger partial charge in [0.25, 0.3) is 0 Å². The zero-order valence-electron chi connectivity index (χ0n) is 15.1. The Kier molecular flexibility index (Phi) is 7.56. The maximum absolute atomic E-state index is 14.0. The predicted molar refractivity (Wildman–Crippen MR) is 100 cm³/mol. The molecule has 0 aromatic heterocycles. The van der Waals surface area contributed by atoms with Crippen molar-refractivity contribution in [1.82, 2.24) is 10.2 Å². The third-order valence-electron chi connectivity index (χ3n) is 5.29. The lowest BCUT2D eigenvalue weighted by molar-refractivity contribution is -0.137. The minimum Gasteiger partial charge on any atom is -0.354 e. The molecule has 0 bridgehead atoms. The molecule has 2 amide bonds. The van der Waals surface area contributed by atoms with E-state index >= 15 is 0 Å². The Hall–Kier alpha value is -1.73. The molecule has 1 saturated heterocycles. The van der Waals surface area contributed by atoms with Crippen molar-refractivity contribution in [3.05, 3.63) is 35.4 Å². The van der Waals surface area contributed by atoms with Crippen LogP contribution in [-0.2, 0) is 9.59 Å². The Balaban J connectivity index is 0.00000261. The molecule has 5 nitrogen and oxygen atoms in total. The van der Waals surface area contributed by atoms with Crippen LogP contribution in [0.3, 0.4) is 0 Å². The first kappa shape index (κ1) is 21.6. The Morgan fingerprint density at radius 1 is 1.26 bits per heavy atom. The highest BCUT2D eigenvalue weighted by Crippen LogP contribution is 2.49. The quantitative estimate of drug-likeness (QED) is 0.768. The van der Waals surface area contributed by atoms with Crippen molar-refractivity contribution in [2.75, 3.05) is 19.6 Å². The largest absolute Gasteiger partial charge is 0.354 e. The van der Waals surface area contributed by atoms with Crippen LogP contribution >= 0.6 is 12.4 Å². The molecule has 3 unspecified atom stereocenters. The minimum atomic E-state index is -0.612. The number of rotatable bonds is 6. The van der Waals surface area contributed by atoms with Gasteiger partial charge in [-0.25, -0.2) is 8.78 Å². The standard InChI is InChI=1S/C19H25F2N3O2.ClH/c20-12-4-5-14(17(21)9-12)15-10-16(15)19(26)24-8-2-1-3-13(24)11-23-18(25)6-7-22;/h4-5,9,13,15-16H,1-3,6-8,10-11,22H2,(H,23,25);1H. The molecule has 27 heavy (non-hydrogen) atoms. The fraction of sp³-hybridized carbons (Fsp3) is 0.579. The first-order chi connectivity index (χ1) is 12.5. The van der Waals surface area contributed by atoms with E-state index in [2.05, 4.69) is 5.32 Å². The van der Waals surface area contributed by atoms with Crippen molar-refractivity contribution in [3.63, 3.8) is 0 Å². The summed E-state index contributed by atoms with van der Waals surface area (Å²) < 4.78 is 27.0. The smallest absolute Gasteiger partial charge is 0.226 e. The summed E-state index contributed by atoms with van der Waals surface area (Å²) in [5.74, 6) is -1.74. The van der Waals surface area contributed by atoms with Crippen molar-refractivity contribution in [3.8, 4) is 0 Å². The highest BCUT2D eigenvalue weighted by molar-refractivity contribution is 5.85. The van der Waals surface area contributed by atoms with Crippen molar-refractivity contribution in [2.24, 2.45) is 11.7 Å². The number of halogens is 3. The second-order valence-corrected chi connectivity index (χ2v) is 7.14. The van der Waals surface area contributed by atoms with Gasteiger partial charge in [-0.3, -0.25) is 9.59 Å². The van der Waals surface area contributed by atoms with Gasteiger partial charge in [-0.2, -0.15) is 0 Å². The second kappa shape index (κ2) is 9.46. The van der Waals surface area contributed by atoms with E-state index in [1.165, 1.54) is 12.1 Å². The van der Waals surface area contributed by atoms with Gasteiger partial charge in [-0.1, -0.05) is 6.07 Å². The summed E-state index contributed by atoms with van der Waals surface area (Å²) in [6, 6.07) is 3.50. The van der Waals surface area contributed by atoms with Crippen molar-refractivity contribution >= 4 is 24.2 Å². The number of carbonyl (C=O) groups excluding carboxylic acids is 2. The van der Waals surface area contributed by atoms with E-state index in [-0.39, 0.29) is 48.5 Å². The molecule has 1 saturated carbocycles. The third-order valence-corrected chi connectivity index (χ3v) is 5.29. The maximum Gasteiger partial charge on any atom is 0.226 e. The summed E-state index contributed by atoms with van der Waals surface area (Å²) in [6.07, 6.45) is 3.65. The van der Waals surface area contributed by atoms with Crippen LogP contribution in [0.15, 0.2) is 18.2 Å². The fourth-order valence-electron chi connectivity index (χ4n) is 3.78. The zero-order valence-corrected chi connectivity index (χ0v) is 15.9. The second-order valence-electron chi connectivity index (χ2n) is 7.14. The number of benzene rings is 1. The van der Waals surface area contributed by atoms with Crippen LogP contribution in [0.1, 0.15) is 43.6 Å². The summed E-state index contributed by atoms with van der Waals surface area (Å²) in [7, 11) is 0. The van der Waals surface area contributed by atoms with E-state index in [1.54, 1.807) is 0 Å². The molecule has 8 heteroatoms. The van der Waals surface area contributed by atoms with E-state index in [9.17, 15) is 18.4 Å². The van der Waals surface area contributed by atoms with E-state index in [0.717, 1.165) is 25.3 Å². The summed E-state index contributed by atoms with van der Waals surface area (Å²) >= 11 is 0. The minimum absolute atomic E-state index is 0. The molecule has 0 radical (unpaired) electrons. The highest BCUT2D eigenvalue weighted by Gasteiger charge is 2.48. The molecule has 2 fully saturated rings. The molecule has 2 aliphatic rings. The summed E-state index contributed by atoms with van der Waals surface area (Å²) in [5, 5.41) is 2.84. The number of hydrogen-bond acceptors (Lipinski definition) is 3. The zero-order chi connectivity index (χ0) is 18.7. The Morgan fingerprint density at radius 3 is 2.74 bits per heavy atom. The van der Waals surface area contributed by atoms with E-state index in [0.29, 0.717) is 31.6 Å². The maximum atomic E-state index is 14.0. The van der Waals surface area contributed by atoms with Crippen LogP contribution in [0.4, 0.5) is 8.78 Å². The first-order valence-corrected chi connectivity index (χ1v) is 9.23. The van der Waals surface area contributed by atoms with Crippen LogP contribution in [0.25, 0.3) is 0 Å². The Labute approximate surface area is 164 Å². The summed E-state index contributed by atoms with van der Waals surface area (Å²) in [6.45, 7) is 1.38. The normalized spacial score (nSPS) is 24.1. The monoisotopic (exact) mass is 401 g/mol. The summed E-state index contributed by atoms with van der Waals surface area (Å²) in [4.78, 5) is 26.4. The van der Waals surface area contributed by atoms with Crippen LogP contribution in [0.2, 0.25) is 0 Å². The van der Waals surface area contributed by atoms with E-state index in [4.69, 9.17) is 5.73 Å². The number of piperidine rings is 1. The van der Waals surface area contributed by atoms with Gasteiger partial charge in [0, 0.05) is 44.1 Å². The van der Waals surface area contributed by atoms with Gasteiger partial charge in [0.15, 0.2) is 0 Å². The lowest BCUT2D eigenvalue weighted by Gasteiger charge is -2.36. The number of nitrogens with zero attached hydrogens (tertiary/aromatic N) is 1. The molecule has 3 atom stereocenters. The van der Waals surface area contributed by atoms with Crippen molar-refractivity contribution in [2.45, 2.75) is 44.1 Å². The molecular formula is C19H26ClF2N3O2. The van der Waals surface area contributed by atoms with Gasteiger partial charge < -0.3 is 16.0 Å². The van der Waals surface area contributed by atoms with Gasteiger partial charge in [0.05, 0.1) is 0 Å². The molecule has 3 N–H and O–H groups in total. The van der Waals surface area contributed by atoms with Crippen LogP contribution in [0, 0.1) is 17.6 Å². The highest BCUT2D eigenvalue weighted by atomic mass is 35.5. The molecule has 1 aliphatic carbocycles. The Morgan fingerprint density at radius 2 is 2.04 bits per heavy atom. The van der Waals surface area contributed by atoms with Gasteiger partial charge in [0.1, 0.15) is 11.6 Å².